The van der Waals surface area contributed by atoms with Gasteiger partial charge in [0.1, 0.15) is 6.54 Å². The van der Waals surface area contributed by atoms with E-state index in [1.807, 2.05) is 30.3 Å². The van der Waals surface area contributed by atoms with Gasteiger partial charge in [0.2, 0.25) is 15.9 Å². The fourth-order valence-electron chi connectivity index (χ4n) is 3.18. The van der Waals surface area contributed by atoms with Gasteiger partial charge in [-0.05, 0) is 48.4 Å². The van der Waals surface area contributed by atoms with Gasteiger partial charge in [-0.2, -0.15) is 0 Å². The lowest BCUT2D eigenvalue weighted by Crippen LogP contribution is -2.37. The first-order valence-corrected chi connectivity index (χ1v) is 12.4. The molecule has 0 saturated carbocycles. The molecule has 0 aliphatic heterocycles. The minimum absolute atomic E-state index is 0.288. The van der Waals surface area contributed by atoms with Crippen molar-refractivity contribution < 1.29 is 18.0 Å². The molecule has 2 amide bonds. The molecule has 0 atom stereocenters. The Morgan fingerprint density at radius 1 is 0.909 bits per heavy atom. The Morgan fingerprint density at radius 2 is 1.55 bits per heavy atom. The van der Waals surface area contributed by atoms with Crippen LogP contribution < -0.4 is 14.9 Å². The minimum Gasteiger partial charge on any atom is -0.352 e. The highest BCUT2D eigenvalue weighted by atomic mass is 35.5. The summed E-state index contributed by atoms with van der Waals surface area (Å²) >= 11 is 5.88. The van der Waals surface area contributed by atoms with Crippen LogP contribution in [0.1, 0.15) is 15.9 Å². The van der Waals surface area contributed by atoms with Gasteiger partial charge in [-0.1, -0.05) is 54.1 Å². The van der Waals surface area contributed by atoms with Crippen molar-refractivity contribution in [2.24, 2.45) is 0 Å². The second-order valence-corrected chi connectivity index (χ2v) is 9.67. The smallest absolute Gasteiger partial charge is 0.253 e. The molecular formula is C24H24ClN3O4S. The Balaban J connectivity index is 1.68. The van der Waals surface area contributed by atoms with Gasteiger partial charge in [-0.15, -0.1) is 0 Å². The summed E-state index contributed by atoms with van der Waals surface area (Å²) in [6, 6.07) is 22.5. The van der Waals surface area contributed by atoms with Crippen LogP contribution in [0.2, 0.25) is 5.02 Å². The van der Waals surface area contributed by atoms with Crippen LogP contribution in [0.15, 0.2) is 78.9 Å². The molecule has 0 saturated heterocycles. The fourth-order valence-corrected chi connectivity index (χ4v) is 4.16. The molecule has 0 fully saturated rings. The summed E-state index contributed by atoms with van der Waals surface area (Å²) in [7, 11) is -3.73. The van der Waals surface area contributed by atoms with Crippen molar-refractivity contribution >= 4 is 44.8 Å². The first kappa shape index (κ1) is 24.3. The quantitative estimate of drug-likeness (QED) is 0.483. The summed E-state index contributed by atoms with van der Waals surface area (Å²) in [6.07, 6.45) is 1.69. The number of rotatable bonds is 9. The molecular weight excluding hydrogens is 462 g/mol. The maximum absolute atomic E-state index is 12.7. The van der Waals surface area contributed by atoms with E-state index >= 15 is 0 Å². The van der Waals surface area contributed by atoms with E-state index in [0.29, 0.717) is 29.4 Å². The highest BCUT2D eigenvalue weighted by molar-refractivity contribution is 7.92. The molecule has 7 nitrogen and oxygen atoms in total. The van der Waals surface area contributed by atoms with Crippen molar-refractivity contribution in [3.63, 3.8) is 0 Å². The maximum Gasteiger partial charge on any atom is 0.253 e. The van der Waals surface area contributed by atoms with Crippen molar-refractivity contribution in [2.45, 2.75) is 6.42 Å². The Labute approximate surface area is 198 Å². The molecule has 0 radical (unpaired) electrons. The molecule has 0 aliphatic carbocycles. The summed E-state index contributed by atoms with van der Waals surface area (Å²) in [5.74, 6) is -0.917. The highest BCUT2D eigenvalue weighted by Gasteiger charge is 2.22. The van der Waals surface area contributed by atoms with E-state index in [4.69, 9.17) is 11.6 Å². The molecule has 2 N–H and O–H groups in total. The van der Waals surface area contributed by atoms with Crippen LogP contribution >= 0.6 is 11.6 Å². The van der Waals surface area contributed by atoms with Crippen molar-refractivity contribution in [3.05, 3.63) is 95.0 Å². The van der Waals surface area contributed by atoms with E-state index in [1.54, 1.807) is 36.4 Å². The zero-order chi connectivity index (χ0) is 23.8. The average Bonchev–Trinajstić information content (AvgIpc) is 2.78. The number of sulfonamides is 1. The van der Waals surface area contributed by atoms with Crippen molar-refractivity contribution in [3.8, 4) is 0 Å². The van der Waals surface area contributed by atoms with Crippen molar-refractivity contribution in [1.29, 1.82) is 0 Å². The minimum atomic E-state index is -3.73. The molecule has 3 rings (SSSR count). The third-order valence-corrected chi connectivity index (χ3v) is 6.18. The van der Waals surface area contributed by atoms with E-state index in [2.05, 4.69) is 10.6 Å². The highest BCUT2D eigenvalue weighted by Crippen LogP contribution is 2.21. The number of anilines is 2. The normalized spacial score (nSPS) is 11.0. The number of halogens is 1. The Hall–Kier alpha value is -3.36. The molecule has 0 aliphatic rings. The molecule has 9 heteroatoms. The van der Waals surface area contributed by atoms with Gasteiger partial charge in [-0.3, -0.25) is 13.9 Å². The SMILES string of the molecule is CS(=O)(=O)N(CC(=O)Nc1ccccc1C(=O)NCCc1ccccc1)c1ccc(Cl)cc1. The third kappa shape index (κ3) is 7.06. The topological polar surface area (TPSA) is 95.6 Å². The first-order chi connectivity index (χ1) is 15.7. The van der Waals surface area contributed by atoms with Gasteiger partial charge in [0.05, 0.1) is 23.2 Å². The largest absolute Gasteiger partial charge is 0.352 e. The van der Waals surface area contributed by atoms with Crippen LogP contribution in [-0.4, -0.2) is 39.6 Å². The number of carbonyl (C=O) groups excluding carboxylic acids is 2. The lowest BCUT2D eigenvalue weighted by molar-refractivity contribution is -0.114. The third-order valence-electron chi connectivity index (χ3n) is 4.79. The molecule has 0 unspecified atom stereocenters. The standard InChI is InChI=1S/C24H24ClN3O4S/c1-33(31,32)28(20-13-11-19(25)12-14-20)17-23(29)27-22-10-6-5-9-21(22)24(30)26-16-15-18-7-3-2-4-8-18/h2-14H,15-17H2,1H3,(H,26,30)(H,27,29). The second kappa shape index (κ2) is 11.0. The number of para-hydroxylation sites is 1. The van der Waals surface area contributed by atoms with E-state index < -0.39 is 22.5 Å². The summed E-state index contributed by atoms with van der Waals surface area (Å²) in [6.45, 7) is -0.0199. The Kier molecular flexibility index (Phi) is 8.08. The van der Waals surface area contributed by atoms with E-state index in [9.17, 15) is 18.0 Å². The summed E-state index contributed by atoms with van der Waals surface area (Å²) in [5.41, 5.74) is 1.99. The summed E-state index contributed by atoms with van der Waals surface area (Å²) in [4.78, 5) is 25.4. The van der Waals surface area contributed by atoms with Crippen LogP contribution in [-0.2, 0) is 21.2 Å². The summed E-state index contributed by atoms with van der Waals surface area (Å²) < 4.78 is 25.5. The van der Waals surface area contributed by atoms with E-state index in [0.717, 1.165) is 16.1 Å². The molecule has 172 valence electrons. The van der Waals surface area contributed by atoms with Crippen molar-refractivity contribution in [2.75, 3.05) is 29.0 Å². The maximum atomic E-state index is 12.7. The fraction of sp³-hybridized carbons (Fsp3) is 0.167. The van der Waals surface area contributed by atoms with E-state index in [1.165, 1.54) is 12.1 Å². The number of nitrogens with zero attached hydrogens (tertiary/aromatic N) is 1. The second-order valence-electron chi connectivity index (χ2n) is 7.33. The molecule has 33 heavy (non-hydrogen) atoms. The van der Waals surface area contributed by atoms with Crippen molar-refractivity contribution in [1.82, 2.24) is 5.32 Å². The predicted molar refractivity (Wildman–Crippen MR) is 131 cm³/mol. The van der Waals surface area contributed by atoms with Gasteiger partial charge in [-0.25, -0.2) is 8.42 Å². The number of benzene rings is 3. The van der Waals surface area contributed by atoms with Gasteiger partial charge in [0.15, 0.2) is 0 Å². The molecule has 0 bridgehead atoms. The molecule has 0 aromatic heterocycles. The van der Waals surface area contributed by atoms with Gasteiger partial charge in [0.25, 0.3) is 5.91 Å². The van der Waals surface area contributed by atoms with Crippen LogP contribution in [0, 0.1) is 0 Å². The van der Waals surface area contributed by atoms with Crippen LogP contribution in [0.4, 0.5) is 11.4 Å². The van der Waals surface area contributed by atoms with Crippen LogP contribution in [0.5, 0.6) is 0 Å². The molecule has 3 aromatic carbocycles. The first-order valence-electron chi connectivity index (χ1n) is 10.2. The zero-order valence-corrected chi connectivity index (χ0v) is 19.6. The number of amides is 2. The molecule has 3 aromatic rings. The van der Waals surface area contributed by atoms with Crippen LogP contribution in [0.25, 0.3) is 0 Å². The zero-order valence-electron chi connectivity index (χ0n) is 18.0. The Bertz CT molecular complexity index is 1220. The number of carbonyl (C=O) groups is 2. The van der Waals surface area contributed by atoms with Gasteiger partial charge in [0, 0.05) is 11.6 Å². The monoisotopic (exact) mass is 485 g/mol. The van der Waals surface area contributed by atoms with Gasteiger partial charge >= 0.3 is 0 Å². The average molecular weight is 486 g/mol. The number of hydrogen-bond donors (Lipinski definition) is 2. The number of hydrogen-bond acceptors (Lipinski definition) is 4. The lowest BCUT2D eigenvalue weighted by Gasteiger charge is -2.22. The molecule has 0 spiro atoms. The predicted octanol–water partition coefficient (Wildman–Crippen LogP) is 3.72. The van der Waals surface area contributed by atoms with Crippen LogP contribution in [0.3, 0.4) is 0 Å². The summed E-state index contributed by atoms with van der Waals surface area (Å²) in [5, 5.41) is 5.95. The molecule has 0 heterocycles. The van der Waals surface area contributed by atoms with E-state index in [-0.39, 0.29) is 11.5 Å². The lowest BCUT2D eigenvalue weighted by atomic mass is 10.1. The number of nitrogens with one attached hydrogen (secondary N) is 2. The Morgan fingerprint density at radius 3 is 2.21 bits per heavy atom. The van der Waals surface area contributed by atoms with Gasteiger partial charge < -0.3 is 10.6 Å².